The second kappa shape index (κ2) is 7.35. The zero-order chi connectivity index (χ0) is 21.2. The lowest BCUT2D eigenvalue weighted by Crippen LogP contribution is -2.59. The predicted molar refractivity (Wildman–Crippen MR) is 118 cm³/mol. The fourth-order valence-electron chi connectivity index (χ4n) is 5.82. The van der Waals surface area contributed by atoms with Crippen LogP contribution in [-0.2, 0) is 10.8 Å². The molecule has 6 rings (SSSR count). The van der Waals surface area contributed by atoms with E-state index in [2.05, 4.69) is 24.8 Å². The van der Waals surface area contributed by atoms with Crippen molar-refractivity contribution in [3.8, 4) is 0 Å². The van der Waals surface area contributed by atoms with Crippen molar-refractivity contribution in [1.29, 1.82) is 0 Å². The predicted octanol–water partition coefficient (Wildman–Crippen LogP) is 2.14. The van der Waals surface area contributed by atoms with Crippen LogP contribution in [0.3, 0.4) is 0 Å². The number of aliphatic hydroxyl groups excluding tert-OH is 1. The summed E-state index contributed by atoms with van der Waals surface area (Å²) in [7, 11) is -1.09. The summed E-state index contributed by atoms with van der Waals surface area (Å²) in [4.78, 5) is 23.7. The first-order valence-corrected chi connectivity index (χ1v) is 12.7. The largest absolute Gasteiger partial charge is 0.394 e. The van der Waals surface area contributed by atoms with E-state index in [1.165, 1.54) is 0 Å². The van der Waals surface area contributed by atoms with Crippen molar-refractivity contribution in [2.75, 3.05) is 35.2 Å². The molecule has 4 aliphatic rings. The van der Waals surface area contributed by atoms with E-state index in [1.54, 1.807) is 18.6 Å². The van der Waals surface area contributed by atoms with E-state index in [4.69, 9.17) is 16.6 Å². The Morgan fingerprint density at radius 3 is 2.65 bits per heavy atom. The van der Waals surface area contributed by atoms with Gasteiger partial charge in [0.05, 0.1) is 39.1 Å². The van der Waals surface area contributed by atoms with Gasteiger partial charge in [-0.05, 0) is 38.0 Å². The first-order valence-electron chi connectivity index (χ1n) is 11.0. The van der Waals surface area contributed by atoms with Gasteiger partial charge in [-0.2, -0.15) is 4.98 Å². The summed E-state index contributed by atoms with van der Waals surface area (Å²) in [5, 5.41) is 10.7. The number of fused-ring (bicyclic) bond motifs is 3. The number of piperidine rings is 1. The zero-order valence-corrected chi connectivity index (χ0v) is 18.7. The molecule has 8 nitrogen and oxygen atoms in total. The second-order valence-corrected chi connectivity index (χ2v) is 11.2. The van der Waals surface area contributed by atoms with Gasteiger partial charge in [0.25, 0.3) is 0 Å². The van der Waals surface area contributed by atoms with Crippen molar-refractivity contribution in [3.63, 3.8) is 0 Å². The first kappa shape index (κ1) is 19.8. The fourth-order valence-corrected chi connectivity index (χ4v) is 7.02. The van der Waals surface area contributed by atoms with Gasteiger partial charge in [-0.25, -0.2) is 15.0 Å². The number of hydrogen-bond acceptors (Lipinski definition) is 8. The van der Waals surface area contributed by atoms with Crippen LogP contribution in [0, 0.1) is 5.92 Å². The molecule has 2 bridgehead atoms. The van der Waals surface area contributed by atoms with Crippen LogP contribution in [0.15, 0.2) is 23.5 Å². The molecule has 2 saturated carbocycles. The topological polar surface area (TPSA) is 95.3 Å². The Labute approximate surface area is 188 Å². The van der Waals surface area contributed by atoms with Gasteiger partial charge in [0, 0.05) is 43.2 Å². The van der Waals surface area contributed by atoms with Crippen LogP contribution < -0.4 is 9.80 Å². The lowest BCUT2D eigenvalue weighted by Gasteiger charge is -2.51. The molecule has 4 atom stereocenters. The van der Waals surface area contributed by atoms with Crippen molar-refractivity contribution in [2.24, 2.45) is 5.92 Å². The van der Waals surface area contributed by atoms with Crippen LogP contribution in [0.1, 0.15) is 43.8 Å². The van der Waals surface area contributed by atoms with E-state index in [0.717, 1.165) is 50.3 Å². The highest BCUT2D eigenvalue weighted by molar-refractivity contribution is 7.85. The maximum atomic E-state index is 12.6. The lowest BCUT2D eigenvalue weighted by atomic mass is 9.76. The molecule has 1 saturated heterocycles. The summed E-state index contributed by atoms with van der Waals surface area (Å²) in [6.07, 6.45) is 10.2. The number of rotatable bonds is 4. The molecule has 2 aromatic rings. The minimum atomic E-state index is -1.09. The minimum absolute atomic E-state index is 0.107. The molecule has 0 aromatic carbocycles. The molecule has 2 aromatic heterocycles. The Morgan fingerprint density at radius 1 is 1.19 bits per heavy atom. The van der Waals surface area contributed by atoms with E-state index >= 15 is 0 Å². The molecule has 0 amide bonds. The number of aromatic nitrogens is 4. The molecule has 4 heterocycles. The maximum absolute atomic E-state index is 12.6. The third kappa shape index (κ3) is 3.08. The second-order valence-electron chi connectivity index (χ2n) is 9.20. The van der Waals surface area contributed by atoms with Gasteiger partial charge in [-0.3, -0.25) is 4.21 Å². The molecular formula is C21H25ClN6O2S. The number of nitrogens with zero attached hydrogens (tertiary/aromatic N) is 6. The third-order valence-corrected chi connectivity index (χ3v) is 9.17. The van der Waals surface area contributed by atoms with Crippen molar-refractivity contribution in [1.82, 2.24) is 19.9 Å². The Hall–Kier alpha value is -1.84. The van der Waals surface area contributed by atoms with Gasteiger partial charge in [-0.1, -0.05) is 11.6 Å². The molecule has 0 spiro atoms. The Bertz CT molecular complexity index is 1030. The highest BCUT2D eigenvalue weighted by Crippen LogP contribution is 2.48. The van der Waals surface area contributed by atoms with Gasteiger partial charge in [-0.15, -0.1) is 0 Å². The summed E-state index contributed by atoms with van der Waals surface area (Å²) in [5.74, 6) is 3.70. The van der Waals surface area contributed by atoms with Crippen molar-refractivity contribution < 1.29 is 9.32 Å². The standard InChI is InChI=1S/C21H25ClN6O2S/c22-14-8-23-18(24-9-14)16-7-15-6-13(16)11-27(15)20-25-10-17-19(26-20)28(4-5-31(17)30)21(12-29)2-1-3-21/h8-10,13,15-16,29H,1-7,11-12H2/t13?,15?,16?,31-/m0/s1. The third-order valence-electron chi connectivity index (χ3n) is 7.65. The van der Waals surface area contributed by atoms with Crippen LogP contribution in [0.4, 0.5) is 11.8 Å². The molecule has 1 N–H and O–H groups in total. The van der Waals surface area contributed by atoms with E-state index in [-0.39, 0.29) is 12.1 Å². The Morgan fingerprint density at radius 2 is 2.00 bits per heavy atom. The lowest BCUT2D eigenvalue weighted by molar-refractivity contribution is 0.115. The van der Waals surface area contributed by atoms with Gasteiger partial charge >= 0.3 is 0 Å². The van der Waals surface area contributed by atoms with Crippen molar-refractivity contribution >= 4 is 34.2 Å². The number of hydrogen-bond donors (Lipinski definition) is 1. The molecule has 2 aliphatic heterocycles. The van der Waals surface area contributed by atoms with E-state index < -0.39 is 10.8 Å². The average Bonchev–Trinajstić information content (AvgIpc) is 3.36. The molecule has 3 fully saturated rings. The quantitative estimate of drug-likeness (QED) is 0.741. The van der Waals surface area contributed by atoms with Crippen molar-refractivity contribution in [3.05, 3.63) is 29.4 Å². The van der Waals surface area contributed by atoms with E-state index in [9.17, 15) is 9.32 Å². The maximum Gasteiger partial charge on any atom is 0.227 e. The Kier molecular flexibility index (Phi) is 4.70. The normalized spacial score (nSPS) is 30.9. The molecular weight excluding hydrogens is 436 g/mol. The monoisotopic (exact) mass is 460 g/mol. The fraction of sp³-hybridized carbons (Fsp3) is 0.619. The van der Waals surface area contributed by atoms with Crippen molar-refractivity contribution in [2.45, 2.75) is 54.5 Å². The van der Waals surface area contributed by atoms with E-state index in [1.807, 2.05) is 0 Å². The average molecular weight is 461 g/mol. The highest BCUT2D eigenvalue weighted by atomic mass is 35.5. The summed E-state index contributed by atoms with van der Waals surface area (Å²) < 4.78 is 12.6. The minimum Gasteiger partial charge on any atom is -0.394 e. The summed E-state index contributed by atoms with van der Waals surface area (Å²) in [6, 6.07) is 0.352. The van der Waals surface area contributed by atoms with Crippen LogP contribution in [0.5, 0.6) is 0 Å². The molecule has 164 valence electrons. The Balaban J connectivity index is 1.28. The molecule has 31 heavy (non-hydrogen) atoms. The van der Waals surface area contributed by atoms with Gasteiger partial charge in [0.2, 0.25) is 5.95 Å². The smallest absolute Gasteiger partial charge is 0.227 e. The molecule has 3 unspecified atom stereocenters. The van der Waals surface area contributed by atoms with Crippen LogP contribution in [0.2, 0.25) is 5.02 Å². The zero-order valence-electron chi connectivity index (χ0n) is 17.2. The number of aliphatic hydroxyl groups is 1. The van der Waals surface area contributed by atoms with Crippen LogP contribution in [-0.4, -0.2) is 66.3 Å². The van der Waals surface area contributed by atoms with E-state index in [0.29, 0.717) is 46.0 Å². The highest BCUT2D eigenvalue weighted by Gasteiger charge is 2.48. The molecule has 2 aliphatic carbocycles. The SMILES string of the molecule is O=[S@]1CCN(C2(CO)CCC2)c2nc(N3CC4CC3CC4c3ncc(Cl)cn3)ncc21. The molecule has 10 heteroatoms. The van der Waals surface area contributed by atoms with Crippen LogP contribution in [0.25, 0.3) is 0 Å². The molecule has 0 radical (unpaired) electrons. The van der Waals surface area contributed by atoms with Gasteiger partial charge < -0.3 is 14.9 Å². The first-order chi connectivity index (χ1) is 15.1. The number of anilines is 2. The summed E-state index contributed by atoms with van der Waals surface area (Å²) in [6.45, 7) is 1.64. The number of halogens is 1. The summed E-state index contributed by atoms with van der Waals surface area (Å²) in [5.41, 5.74) is -0.258. The summed E-state index contributed by atoms with van der Waals surface area (Å²) >= 11 is 5.95. The van der Waals surface area contributed by atoms with Gasteiger partial charge in [0.15, 0.2) is 5.82 Å². The van der Waals surface area contributed by atoms with Gasteiger partial charge in [0.1, 0.15) is 5.82 Å². The van der Waals surface area contributed by atoms with Crippen LogP contribution >= 0.6 is 11.6 Å².